The number of carbonyl (C=O) groups excluding carboxylic acids is 2. The van der Waals surface area contributed by atoms with E-state index in [-0.39, 0.29) is 28.3 Å². The molecule has 2 aromatic carbocycles. The number of amides is 2. The zero-order valence-corrected chi connectivity index (χ0v) is 22.5. The Morgan fingerprint density at radius 2 is 1.83 bits per heavy atom. The number of imidazole rings is 1. The van der Waals surface area contributed by atoms with Gasteiger partial charge in [-0.25, -0.2) is 14.4 Å². The van der Waals surface area contributed by atoms with Crippen molar-refractivity contribution < 1.29 is 16.8 Å². The van der Waals surface area contributed by atoms with Crippen LogP contribution in [0.25, 0.3) is 11.1 Å². The predicted octanol–water partition coefficient (Wildman–Crippen LogP) is 4.90. The Kier molecular flexibility index (Phi) is 7.47. The van der Waals surface area contributed by atoms with Gasteiger partial charge in [0.1, 0.15) is 11.6 Å². The van der Waals surface area contributed by atoms with Crippen LogP contribution < -0.4 is 15.5 Å². The summed E-state index contributed by atoms with van der Waals surface area (Å²) < 4.78 is 17.6. The third-order valence-electron chi connectivity index (χ3n) is 8.22. The fourth-order valence-electron chi connectivity index (χ4n) is 6.13. The summed E-state index contributed by atoms with van der Waals surface area (Å²) in [4.78, 5) is 40.2. The van der Waals surface area contributed by atoms with Crippen LogP contribution >= 0.6 is 0 Å². The molecular formula is C32H38FN7O2. The molecule has 1 saturated heterocycles. The second kappa shape index (κ2) is 11.4. The number of piperazine rings is 1. The molecule has 42 heavy (non-hydrogen) atoms. The highest BCUT2D eigenvalue weighted by Gasteiger charge is 2.42. The van der Waals surface area contributed by atoms with Crippen molar-refractivity contribution in [2.75, 3.05) is 36.4 Å². The summed E-state index contributed by atoms with van der Waals surface area (Å²) in [6, 6.07) is 15.4. The summed E-state index contributed by atoms with van der Waals surface area (Å²) in [6.07, 6.45) is 5.01. The minimum atomic E-state index is -1.02. The van der Waals surface area contributed by atoms with Gasteiger partial charge >= 0.3 is 0 Å². The minimum absolute atomic E-state index is 0. The van der Waals surface area contributed by atoms with Crippen LogP contribution in [0.2, 0.25) is 0 Å². The monoisotopic (exact) mass is 571 g/mol. The van der Waals surface area contributed by atoms with Crippen molar-refractivity contribution in [3.05, 3.63) is 95.5 Å². The number of carbonyl (C=O) groups is 2. The van der Waals surface area contributed by atoms with E-state index in [1.54, 1.807) is 36.8 Å². The van der Waals surface area contributed by atoms with Crippen LogP contribution in [0.4, 0.5) is 15.9 Å². The number of halogens is 1. The maximum absolute atomic E-state index is 15.6. The summed E-state index contributed by atoms with van der Waals surface area (Å²) in [5.41, 5.74) is 4.60. The predicted molar refractivity (Wildman–Crippen MR) is 164 cm³/mol. The minimum Gasteiger partial charge on any atom is -0.369 e. The van der Waals surface area contributed by atoms with E-state index in [0.29, 0.717) is 22.6 Å². The average molecular weight is 572 g/mol. The van der Waals surface area contributed by atoms with Gasteiger partial charge in [0.15, 0.2) is 6.04 Å². The molecule has 9 nitrogen and oxygen atoms in total. The van der Waals surface area contributed by atoms with Gasteiger partial charge in [-0.05, 0) is 60.4 Å². The van der Waals surface area contributed by atoms with Gasteiger partial charge in [0.2, 0.25) is 0 Å². The lowest BCUT2D eigenvalue weighted by molar-refractivity contribution is -0.121. The fraction of sp³-hybridized carbons (Fsp3) is 0.312. The van der Waals surface area contributed by atoms with Crippen molar-refractivity contribution in [1.82, 2.24) is 24.8 Å². The topological polar surface area (TPSA) is 95.4 Å². The maximum atomic E-state index is 15.6. The Balaban J connectivity index is 0.00000147. The third kappa shape index (κ3) is 4.92. The van der Waals surface area contributed by atoms with Crippen molar-refractivity contribution in [1.29, 1.82) is 0 Å². The number of aromatic nitrogens is 3. The van der Waals surface area contributed by atoms with Gasteiger partial charge in [-0.2, -0.15) is 0 Å². The normalized spacial score (nSPS) is 16.5. The maximum Gasteiger partial charge on any atom is 0.255 e. The first-order valence-corrected chi connectivity index (χ1v) is 14.0. The Hall–Kier alpha value is -4.57. The Morgan fingerprint density at radius 1 is 1.02 bits per heavy atom. The first-order chi connectivity index (χ1) is 20.1. The summed E-state index contributed by atoms with van der Waals surface area (Å²) in [5.74, 6) is -0.903. The largest absolute Gasteiger partial charge is 0.369 e. The van der Waals surface area contributed by atoms with Crippen molar-refractivity contribution in [2.24, 2.45) is 0 Å². The van der Waals surface area contributed by atoms with Gasteiger partial charge < -0.3 is 25.0 Å². The average Bonchev–Trinajstić information content (AvgIpc) is 3.71. The molecule has 3 aliphatic heterocycles. The van der Waals surface area contributed by atoms with Gasteiger partial charge in [-0.1, -0.05) is 25.6 Å². The highest BCUT2D eigenvalue weighted by molar-refractivity contribution is 6.04. The van der Waals surface area contributed by atoms with Crippen LogP contribution in [0, 0.1) is 5.82 Å². The number of fused-ring (bicyclic) bond motifs is 2. The van der Waals surface area contributed by atoms with Gasteiger partial charge in [0.05, 0.1) is 18.6 Å². The summed E-state index contributed by atoms with van der Waals surface area (Å²) in [6.45, 7) is 4.56. The van der Waals surface area contributed by atoms with E-state index in [2.05, 4.69) is 25.5 Å². The number of rotatable bonds is 6. The van der Waals surface area contributed by atoms with E-state index in [9.17, 15) is 9.59 Å². The molecule has 2 N–H and O–H groups in total. The lowest BCUT2D eigenvalue weighted by Gasteiger charge is -2.29. The smallest absolute Gasteiger partial charge is 0.255 e. The zero-order valence-electron chi connectivity index (χ0n) is 22.5. The number of hydrogen-bond acceptors (Lipinski definition) is 6. The molecule has 7 rings (SSSR count). The quantitative estimate of drug-likeness (QED) is 0.342. The van der Waals surface area contributed by atoms with Crippen LogP contribution in [0.1, 0.15) is 50.1 Å². The number of pyridine rings is 1. The molecule has 0 spiro atoms. The molecule has 0 aliphatic carbocycles. The molecule has 1 fully saturated rings. The number of benzene rings is 2. The van der Waals surface area contributed by atoms with E-state index in [0.717, 1.165) is 62.5 Å². The molecule has 220 valence electrons. The van der Waals surface area contributed by atoms with E-state index < -0.39 is 17.8 Å². The standard InChI is InChI=1S/C31H30FN7O2.CH4.2H2/c32-25-17-21(20-6-8-22(9-7-20)37-14-11-33-12-15-37)16-23-24(25)18-39(31(23)41)29(28-26-4-3-13-38(26)19-35-28)30(40)36-27-5-1-2-10-34-27;;;/h1-2,5-10,16-17,19,29,33H,3-4,11-15,18H2,(H,34,36,40);1H4;2*1H. The molecular weight excluding hydrogens is 533 g/mol. The number of anilines is 2. The van der Waals surface area contributed by atoms with Crippen molar-refractivity contribution in [3.63, 3.8) is 0 Å². The van der Waals surface area contributed by atoms with Crippen LogP contribution in [0.5, 0.6) is 0 Å². The second-order valence-corrected chi connectivity index (χ2v) is 10.7. The summed E-state index contributed by atoms with van der Waals surface area (Å²) in [7, 11) is 0. The zero-order chi connectivity index (χ0) is 27.9. The lowest BCUT2D eigenvalue weighted by atomic mass is 9.99. The Labute approximate surface area is 247 Å². The van der Waals surface area contributed by atoms with Crippen molar-refractivity contribution >= 4 is 23.3 Å². The molecule has 0 saturated carbocycles. The number of aryl methyl sites for hydroxylation is 1. The molecule has 3 aliphatic rings. The van der Waals surface area contributed by atoms with Crippen molar-refractivity contribution in [3.8, 4) is 11.1 Å². The molecule has 4 aromatic rings. The molecule has 1 atom stereocenters. The highest BCUT2D eigenvalue weighted by Crippen LogP contribution is 2.38. The second-order valence-electron chi connectivity index (χ2n) is 10.7. The molecule has 0 bridgehead atoms. The molecule has 2 aromatic heterocycles. The fourth-order valence-corrected chi connectivity index (χ4v) is 6.13. The molecule has 2 amide bonds. The van der Waals surface area contributed by atoms with Gasteiger partial charge in [0, 0.05) is 64.3 Å². The summed E-state index contributed by atoms with van der Waals surface area (Å²) in [5, 5.41) is 6.19. The first kappa shape index (κ1) is 27.6. The van der Waals surface area contributed by atoms with Crippen LogP contribution in [-0.2, 0) is 24.3 Å². The number of nitrogens with zero attached hydrogens (tertiary/aromatic N) is 5. The van der Waals surface area contributed by atoms with E-state index in [4.69, 9.17) is 0 Å². The lowest BCUT2D eigenvalue weighted by Crippen LogP contribution is -2.43. The SMILES string of the molecule is C.O=C(Nc1ccccn1)C(c1ncn2c1CCC2)N1Cc2c(F)cc(-c3ccc(N4CCNCC4)cc3)cc2C1=O.[HH].[HH]. The van der Waals surface area contributed by atoms with Gasteiger partial charge in [-0.3, -0.25) is 9.59 Å². The third-order valence-corrected chi connectivity index (χ3v) is 8.22. The first-order valence-electron chi connectivity index (χ1n) is 14.0. The van der Waals surface area contributed by atoms with Gasteiger partial charge in [-0.15, -0.1) is 0 Å². The number of nitrogens with one attached hydrogen (secondary N) is 2. The molecule has 10 heteroatoms. The molecule has 5 heterocycles. The van der Waals surface area contributed by atoms with E-state index in [1.165, 1.54) is 11.0 Å². The molecule has 0 radical (unpaired) electrons. The highest BCUT2D eigenvalue weighted by atomic mass is 19.1. The van der Waals surface area contributed by atoms with E-state index in [1.807, 2.05) is 28.8 Å². The van der Waals surface area contributed by atoms with E-state index >= 15 is 4.39 Å². The van der Waals surface area contributed by atoms with Crippen LogP contribution in [-0.4, -0.2) is 57.4 Å². The van der Waals surface area contributed by atoms with Crippen LogP contribution in [0.3, 0.4) is 0 Å². The van der Waals surface area contributed by atoms with Crippen LogP contribution in [0.15, 0.2) is 67.1 Å². The Bertz CT molecular complexity index is 1630. The summed E-state index contributed by atoms with van der Waals surface area (Å²) >= 11 is 0. The number of hydrogen-bond donors (Lipinski definition) is 2. The Morgan fingerprint density at radius 3 is 2.60 bits per heavy atom. The van der Waals surface area contributed by atoms with Gasteiger partial charge in [0.25, 0.3) is 11.8 Å². The molecule has 1 unspecified atom stereocenters. The van der Waals surface area contributed by atoms with Crippen molar-refractivity contribution in [2.45, 2.75) is 39.4 Å².